The van der Waals surface area contributed by atoms with E-state index in [2.05, 4.69) is 26.5 Å². The average Bonchev–Trinajstić information content (AvgIpc) is 3.04. The highest BCUT2D eigenvalue weighted by Gasteiger charge is 2.23. The molecule has 8 heteroatoms. The first-order valence-electron chi connectivity index (χ1n) is 9.23. The van der Waals surface area contributed by atoms with E-state index in [0.29, 0.717) is 11.1 Å². The summed E-state index contributed by atoms with van der Waals surface area (Å²) in [6, 6.07) is 6.80. The Bertz CT molecular complexity index is 1060. The molecule has 1 fully saturated rings. The molecule has 1 aromatic carbocycles. The maximum Gasteiger partial charge on any atom is 0.254 e. The molecule has 4 rings (SSSR count). The predicted octanol–water partition coefficient (Wildman–Crippen LogP) is 3.08. The van der Waals surface area contributed by atoms with Gasteiger partial charge in [-0.3, -0.25) is 4.79 Å². The number of nitrogens with zero attached hydrogens (tertiary/aromatic N) is 5. The number of amides is 1. The number of rotatable bonds is 3. The van der Waals surface area contributed by atoms with Crippen LogP contribution in [0.3, 0.4) is 0 Å². The van der Waals surface area contributed by atoms with Crippen LogP contribution in [0.4, 0.5) is 4.39 Å². The molecule has 0 bridgehead atoms. The second kappa shape index (κ2) is 7.35. The molecule has 0 spiro atoms. The number of benzene rings is 1. The van der Waals surface area contributed by atoms with Gasteiger partial charge in [-0.25, -0.2) is 14.4 Å². The SMILES string of the molecule is Cc1nn(-c2ncc(C(=O)NC3CCC(C#N)CC3)cn2)c2cc(F)ccc12. The lowest BCUT2D eigenvalue weighted by Gasteiger charge is -2.25. The average molecular weight is 378 g/mol. The molecule has 3 aromatic rings. The fourth-order valence-electron chi connectivity index (χ4n) is 3.58. The highest BCUT2D eigenvalue weighted by molar-refractivity contribution is 5.93. The smallest absolute Gasteiger partial charge is 0.254 e. The van der Waals surface area contributed by atoms with Crippen LogP contribution in [0.15, 0.2) is 30.6 Å². The molecule has 1 amide bonds. The Labute approximate surface area is 161 Å². The molecule has 142 valence electrons. The van der Waals surface area contributed by atoms with Gasteiger partial charge in [-0.2, -0.15) is 15.0 Å². The second-order valence-corrected chi connectivity index (χ2v) is 7.08. The van der Waals surface area contributed by atoms with Gasteiger partial charge in [0.1, 0.15) is 5.82 Å². The van der Waals surface area contributed by atoms with Crippen molar-refractivity contribution in [2.24, 2.45) is 5.92 Å². The van der Waals surface area contributed by atoms with Crippen LogP contribution in [0.25, 0.3) is 16.9 Å². The summed E-state index contributed by atoms with van der Waals surface area (Å²) in [5.41, 5.74) is 1.67. The van der Waals surface area contributed by atoms with E-state index in [1.807, 2.05) is 6.92 Å². The Morgan fingerprint density at radius 1 is 1.25 bits per heavy atom. The first-order chi connectivity index (χ1) is 13.5. The summed E-state index contributed by atoms with van der Waals surface area (Å²) in [7, 11) is 0. The largest absolute Gasteiger partial charge is 0.349 e. The molecular formula is C20H19FN6O. The summed E-state index contributed by atoms with van der Waals surface area (Å²) in [5, 5.41) is 17.1. The van der Waals surface area contributed by atoms with E-state index in [9.17, 15) is 9.18 Å². The molecule has 0 saturated heterocycles. The minimum absolute atomic E-state index is 0.0671. The standard InChI is InChI=1S/C20H19FN6O/c1-12-17-7-4-15(21)8-18(17)27(26-12)20-23-10-14(11-24-20)19(28)25-16-5-2-13(9-22)3-6-16/h4,7-8,10-11,13,16H,2-3,5-6H2,1H3,(H,25,28). The van der Waals surface area contributed by atoms with Crippen LogP contribution in [0.1, 0.15) is 41.7 Å². The topological polar surface area (TPSA) is 96.5 Å². The Balaban J connectivity index is 1.51. The molecule has 28 heavy (non-hydrogen) atoms. The Kier molecular flexibility index (Phi) is 4.74. The molecule has 1 aliphatic rings. The summed E-state index contributed by atoms with van der Waals surface area (Å²) in [5.74, 6) is -0.238. The van der Waals surface area contributed by atoms with E-state index in [-0.39, 0.29) is 29.6 Å². The summed E-state index contributed by atoms with van der Waals surface area (Å²) < 4.78 is 15.1. The van der Waals surface area contributed by atoms with E-state index in [1.54, 1.807) is 6.07 Å². The van der Waals surface area contributed by atoms with Crippen molar-refractivity contribution in [3.63, 3.8) is 0 Å². The maximum atomic E-state index is 13.6. The van der Waals surface area contributed by atoms with Crippen LogP contribution in [-0.4, -0.2) is 31.7 Å². The van der Waals surface area contributed by atoms with E-state index < -0.39 is 0 Å². The molecule has 2 heterocycles. The Morgan fingerprint density at radius 3 is 2.64 bits per heavy atom. The molecule has 1 saturated carbocycles. The number of carbonyl (C=O) groups is 1. The van der Waals surface area contributed by atoms with Crippen LogP contribution >= 0.6 is 0 Å². The molecule has 0 aliphatic heterocycles. The van der Waals surface area contributed by atoms with Crippen molar-refractivity contribution in [1.29, 1.82) is 5.26 Å². The van der Waals surface area contributed by atoms with Crippen molar-refractivity contribution in [2.75, 3.05) is 0 Å². The monoisotopic (exact) mass is 378 g/mol. The van der Waals surface area contributed by atoms with Crippen molar-refractivity contribution in [2.45, 2.75) is 38.6 Å². The fraction of sp³-hybridized carbons (Fsp3) is 0.350. The van der Waals surface area contributed by atoms with Crippen molar-refractivity contribution in [3.05, 3.63) is 47.7 Å². The highest BCUT2D eigenvalue weighted by atomic mass is 19.1. The number of fused-ring (bicyclic) bond motifs is 1. The Hall–Kier alpha value is -3.34. The number of hydrogen-bond acceptors (Lipinski definition) is 5. The van der Waals surface area contributed by atoms with Gasteiger partial charge in [-0.1, -0.05) is 0 Å². The summed E-state index contributed by atoms with van der Waals surface area (Å²) >= 11 is 0. The van der Waals surface area contributed by atoms with Gasteiger partial charge in [0.05, 0.1) is 22.8 Å². The van der Waals surface area contributed by atoms with Gasteiger partial charge in [0.25, 0.3) is 11.9 Å². The van der Waals surface area contributed by atoms with Crippen LogP contribution in [-0.2, 0) is 0 Å². The molecule has 0 radical (unpaired) electrons. The fourth-order valence-corrected chi connectivity index (χ4v) is 3.58. The minimum Gasteiger partial charge on any atom is -0.349 e. The lowest BCUT2D eigenvalue weighted by molar-refractivity contribution is 0.0924. The van der Waals surface area contributed by atoms with Crippen molar-refractivity contribution in [1.82, 2.24) is 25.1 Å². The van der Waals surface area contributed by atoms with Crippen molar-refractivity contribution in [3.8, 4) is 12.0 Å². The van der Waals surface area contributed by atoms with Crippen LogP contribution in [0, 0.1) is 30.0 Å². The molecular weight excluding hydrogens is 359 g/mol. The summed E-state index contributed by atoms with van der Waals surface area (Å²) in [6.07, 6.45) is 6.10. The third-order valence-corrected chi connectivity index (χ3v) is 5.16. The van der Waals surface area contributed by atoms with Crippen LogP contribution in [0.2, 0.25) is 0 Å². The van der Waals surface area contributed by atoms with Crippen molar-refractivity contribution >= 4 is 16.8 Å². The number of aromatic nitrogens is 4. The zero-order chi connectivity index (χ0) is 19.7. The normalized spacial score (nSPS) is 19.3. The Morgan fingerprint density at radius 2 is 1.96 bits per heavy atom. The van der Waals surface area contributed by atoms with E-state index in [1.165, 1.54) is 29.2 Å². The third kappa shape index (κ3) is 3.43. The highest BCUT2D eigenvalue weighted by Crippen LogP contribution is 2.24. The molecule has 1 N–H and O–H groups in total. The maximum absolute atomic E-state index is 13.6. The predicted molar refractivity (Wildman–Crippen MR) is 100 cm³/mol. The first kappa shape index (κ1) is 18.0. The zero-order valence-corrected chi connectivity index (χ0v) is 15.4. The van der Waals surface area contributed by atoms with Gasteiger partial charge in [-0.15, -0.1) is 0 Å². The van der Waals surface area contributed by atoms with Gasteiger partial charge in [0.15, 0.2) is 0 Å². The molecule has 0 atom stereocenters. The zero-order valence-electron chi connectivity index (χ0n) is 15.4. The van der Waals surface area contributed by atoms with Gasteiger partial charge < -0.3 is 5.32 Å². The minimum atomic E-state index is -0.365. The number of nitriles is 1. The quantitative estimate of drug-likeness (QED) is 0.755. The summed E-state index contributed by atoms with van der Waals surface area (Å²) in [4.78, 5) is 20.9. The van der Waals surface area contributed by atoms with Crippen LogP contribution in [0.5, 0.6) is 0 Å². The molecule has 2 aromatic heterocycles. The number of aryl methyl sites for hydroxylation is 1. The third-order valence-electron chi connectivity index (χ3n) is 5.16. The lowest BCUT2D eigenvalue weighted by atomic mass is 9.87. The van der Waals surface area contributed by atoms with Gasteiger partial charge in [0, 0.05) is 35.8 Å². The van der Waals surface area contributed by atoms with E-state index in [0.717, 1.165) is 36.8 Å². The number of hydrogen-bond donors (Lipinski definition) is 1. The van der Waals surface area contributed by atoms with Gasteiger partial charge in [0.2, 0.25) is 0 Å². The van der Waals surface area contributed by atoms with E-state index >= 15 is 0 Å². The number of carbonyl (C=O) groups excluding carboxylic acids is 1. The van der Waals surface area contributed by atoms with E-state index in [4.69, 9.17) is 5.26 Å². The molecule has 0 unspecified atom stereocenters. The van der Waals surface area contributed by atoms with Gasteiger partial charge >= 0.3 is 0 Å². The van der Waals surface area contributed by atoms with Crippen molar-refractivity contribution < 1.29 is 9.18 Å². The van der Waals surface area contributed by atoms with Crippen LogP contribution < -0.4 is 5.32 Å². The van der Waals surface area contributed by atoms with Gasteiger partial charge in [-0.05, 0) is 44.7 Å². The first-order valence-corrected chi connectivity index (χ1v) is 9.23. The molecule has 1 aliphatic carbocycles. The lowest BCUT2D eigenvalue weighted by Crippen LogP contribution is -2.37. The summed E-state index contributed by atoms with van der Waals surface area (Å²) in [6.45, 7) is 1.83. The number of nitrogens with one attached hydrogen (secondary N) is 1. The number of halogens is 1. The second-order valence-electron chi connectivity index (χ2n) is 7.08. The molecule has 7 nitrogen and oxygen atoms in total.